The molecule has 1 heterocycles. The van der Waals surface area contributed by atoms with Gasteiger partial charge < -0.3 is 10.1 Å². The van der Waals surface area contributed by atoms with Gasteiger partial charge in [-0.3, -0.25) is 0 Å². The Kier molecular flexibility index (Phi) is 2.04. The molecule has 1 rings (SSSR count). The Hall–Kier alpha value is -0.770. The standard InChI is InChI=1S/C7H8BrNO2/c1-3-5(8)4(2)9-6(3)7(10)11/h9H,1-2H3,(H,10,11). The minimum atomic E-state index is -0.920. The van der Waals surface area contributed by atoms with Crippen LogP contribution in [0.2, 0.25) is 0 Å². The van der Waals surface area contributed by atoms with Crippen LogP contribution in [0.3, 0.4) is 0 Å². The highest BCUT2D eigenvalue weighted by Gasteiger charge is 2.13. The summed E-state index contributed by atoms with van der Waals surface area (Å²) in [6.07, 6.45) is 0. The number of hydrogen-bond acceptors (Lipinski definition) is 1. The molecule has 4 heteroatoms. The number of rotatable bonds is 1. The van der Waals surface area contributed by atoms with Gasteiger partial charge in [-0.2, -0.15) is 0 Å². The summed E-state index contributed by atoms with van der Waals surface area (Å²) in [5.41, 5.74) is 1.85. The topological polar surface area (TPSA) is 53.1 Å². The first kappa shape index (κ1) is 8.33. The molecule has 0 bridgehead atoms. The molecule has 0 amide bonds. The molecule has 2 N–H and O–H groups in total. The van der Waals surface area contributed by atoms with Gasteiger partial charge in [-0.15, -0.1) is 0 Å². The van der Waals surface area contributed by atoms with Gasteiger partial charge in [-0.1, -0.05) is 0 Å². The predicted octanol–water partition coefficient (Wildman–Crippen LogP) is 2.09. The highest BCUT2D eigenvalue weighted by Crippen LogP contribution is 2.23. The van der Waals surface area contributed by atoms with Crippen LogP contribution in [0, 0.1) is 13.8 Å². The number of carboxylic acids is 1. The van der Waals surface area contributed by atoms with Crippen molar-refractivity contribution in [3.05, 3.63) is 21.4 Å². The number of aryl methyl sites for hydroxylation is 1. The molecule has 0 unspecified atom stereocenters. The van der Waals surface area contributed by atoms with Crippen molar-refractivity contribution < 1.29 is 9.90 Å². The molecule has 0 aliphatic carbocycles. The number of aromatic carboxylic acids is 1. The normalized spacial score (nSPS) is 10.1. The van der Waals surface area contributed by atoms with Gasteiger partial charge in [0.05, 0.1) is 0 Å². The van der Waals surface area contributed by atoms with Crippen molar-refractivity contribution in [2.45, 2.75) is 13.8 Å². The first-order valence-electron chi connectivity index (χ1n) is 3.12. The van der Waals surface area contributed by atoms with Crippen LogP contribution in [-0.4, -0.2) is 16.1 Å². The highest BCUT2D eigenvalue weighted by molar-refractivity contribution is 9.10. The van der Waals surface area contributed by atoms with Gasteiger partial charge in [0.2, 0.25) is 0 Å². The molecule has 0 saturated carbocycles. The number of hydrogen-bond donors (Lipinski definition) is 2. The first-order valence-corrected chi connectivity index (χ1v) is 3.91. The average molecular weight is 218 g/mol. The third kappa shape index (κ3) is 1.30. The van der Waals surface area contributed by atoms with Crippen LogP contribution in [0.1, 0.15) is 21.7 Å². The average Bonchev–Trinajstić information content (AvgIpc) is 2.17. The minimum Gasteiger partial charge on any atom is -0.477 e. The summed E-state index contributed by atoms with van der Waals surface area (Å²) in [5.74, 6) is -0.920. The number of aromatic amines is 1. The van der Waals surface area contributed by atoms with Crippen LogP contribution >= 0.6 is 15.9 Å². The predicted molar refractivity (Wildman–Crippen MR) is 44.9 cm³/mol. The molecule has 3 nitrogen and oxygen atoms in total. The summed E-state index contributed by atoms with van der Waals surface area (Å²) in [4.78, 5) is 13.3. The molecule has 60 valence electrons. The Morgan fingerprint density at radius 3 is 2.27 bits per heavy atom. The first-order chi connectivity index (χ1) is 5.04. The summed E-state index contributed by atoms with van der Waals surface area (Å²) >= 11 is 3.27. The molecule has 1 aromatic rings. The van der Waals surface area contributed by atoms with Crippen molar-refractivity contribution in [3.8, 4) is 0 Å². The number of carbonyl (C=O) groups is 1. The monoisotopic (exact) mass is 217 g/mol. The van der Waals surface area contributed by atoms with E-state index in [1.165, 1.54) is 0 Å². The van der Waals surface area contributed by atoms with Crippen molar-refractivity contribution in [2.24, 2.45) is 0 Å². The van der Waals surface area contributed by atoms with Gasteiger partial charge >= 0.3 is 5.97 Å². The second-order valence-electron chi connectivity index (χ2n) is 2.37. The number of H-pyrrole nitrogens is 1. The third-order valence-corrected chi connectivity index (χ3v) is 2.75. The molecule has 0 spiro atoms. The second-order valence-corrected chi connectivity index (χ2v) is 3.16. The highest BCUT2D eigenvalue weighted by atomic mass is 79.9. The van der Waals surface area contributed by atoms with Crippen molar-refractivity contribution in [1.29, 1.82) is 0 Å². The summed E-state index contributed by atoms with van der Waals surface area (Å²) in [7, 11) is 0. The molecule has 0 aliphatic rings. The van der Waals surface area contributed by atoms with E-state index in [0.717, 1.165) is 15.7 Å². The Bertz CT molecular complexity index is 304. The summed E-state index contributed by atoms with van der Waals surface area (Å²) < 4.78 is 0.843. The lowest BCUT2D eigenvalue weighted by Crippen LogP contribution is -1.98. The molecule has 0 atom stereocenters. The lowest BCUT2D eigenvalue weighted by Gasteiger charge is -1.89. The van der Waals surface area contributed by atoms with E-state index in [0.29, 0.717) is 0 Å². The fourth-order valence-electron chi connectivity index (χ4n) is 0.941. The maximum atomic E-state index is 10.5. The lowest BCUT2D eigenvalue weighted by molar-refractivity contribution is 0.0690. The zero-order valence-electron chi connectivity index (χ0n) is 6.23. The van der Waals surface area contributed by atoms with Gasteiger partial charge in [0.15, 0.2) is 0 Å². The lowest BCUT2D eigenvalue weighted by atomic mass is 10.3. The molecule has 0 fully saturated rings. The van der Waals surface area contributed by atoms with Crippen LogP contribution in [0.25, 0.3) is 0 Å². The molecule has 0 radical (unpaired) electrons. The number of nitrogens with one attached hydrogen (secondary N) is 1. The van der Waals surface area contributed by atoms with E-state index in [-0.39, 0.29) is 5.69 Å². The molecule has 0 aromatic carbocycles. The Morgan fingerprint density at radius 1 is 1.55 bits per heavy atom. The summed E-state index contributed by atoms with van der Waals surface area (Å²) in [6.45, 7) is 3.58. The fourth-order valence-corrected chi connectivity index (χ4v) is 1.24. The molecule has 1 aromatic heterocycles. The maximum Gasteiger partial charge on any atom is 0.352 e. The zero-order valence-corrected chi connectivity index (χ0v) is 7.82. The summed E-state index contributed by atoms with van der Waals surface area (Å²) in [5, 5.41) is 8.65. The summed E-state index contributed by atoms with van der Waals surface area (Å²) in [6, 6.07) is 0. The fraction of sp³-hybridized carbons (Fsp3) is 0.286. The Labute approximate surface area is 72.6 Å². The quantitative estimate of drug-likeness (QED) is 0.758. The van der Waals surface area contributed by atoms with E-state index in [4.69, 9.17) is 5.11 Å². The Balaban J connectivity index is 3.29. The Morgan fingerprint density at radius 2 is 2.09 bits per heavy atom. The van der Waals surface area contributed by atoms with Gasteiger partial charge in [0.1, 0.15) is 5.69 Å². The van der Waals surface area contributed by atoms with Gasteiger partial charge in [-0.05, 0) is 35.3 Å². The molecule has 0 aliphatic heterocycles. The van der Waals surface area contributed by atoms with Crippen LogP contribution in [0.5, 0.6) is 0 Å². The second kappa shape index (κ2) is 2.70. The van der Waals surface area contributed by atoms with Crippen molar-refractivity contribution in [3.63, 3.8) is 0 Å². The van der Waals surface area contributed by atoms with Crippen LogP contribution in [0.15, 0.2) is 4.47 Å². The van der Waals surface area contributed by atoms with Crippen molar-refractivity contribution >= 4 is 21.9 Å². The van der Waals surface area contributed by atoms with Crippen molar-refractivity contribution in [1.82, 2.24) is 4.98 Å². The number of aromatic nitrogens is 1. The van der Waals surface area contributed by atoms with Crippen LogP contribution < -0.4 is 0 Å². The SMILES string of the molecule is Cc1[nH]c(C(=O)O)c(C)c1Br. The van der Waals surface area contributed by atoms with E-state index in [1.54, 1.807) is 6.92 Å². The molecule has 11 heavy (non-hydrogen) atoms. The van der Waals surface area contributed by atoms with E-state index in [9.17, 15) is 4.79 Å². The smallest absolute Gasteiger partial charge is 0.352 e. The maximum absolute atomic E-state index is 10.5. The van der Waals surface area contributed by atoms with Gasteiger partial charge in [0, 0.05) is 10.2 Å². The number of carboxylic acid groups (broad SMARTS) is 1. The third-order valence-electron chi connectivity index (χ3n) is 1.56. The van der Waals surface area contributed by atoms with E-state index >= 15 is 0 Å². The van der Waals surface area contributed by atoms with E-state index in [1.807, 2.05) is 6.92 Å². The molecular formula is C7H8BrNO2. The van der Waals surface area contributed by atoms with E-state index in [2.05, 4.69) is 20.9 Å². The zero-order chi connectivity index (χ0) is 8.59. The van der Waals surface area contributed by atoms with E-state index < -0.39 is 5.97 Å². The van der Waals surface area contributed by atoms with Gasteiger partial charge in [-0.25, -0.2) is 4.79 Å². The number of halogens is 1. The molecule has 0 saturated heterocycles. The minimum absolute atomic E-state index is 0.259. The van der Waals surface area contributed by atoms with Crippen molar-refractivity contribution in [2.75, 3.05) is 0 Å². The van der Waals surface area contributed by atoms with Crippen LogP contribution in [-0.2, 0) is 0 Å². The van der Waals surface area contributed by atoms with Crippen LogP contribution in [0.4, 0.5) is 0 Å². The molecular weight excluding hydrogens is 210 g/mol. The van der Waals surface area contributed by atoms with Gasteiger partial charge in [0.25, 0.3) is 0 Å². The largest absolute Gasteiger partial charge is 0.477 e.